The number of likely N-dealkylation sites (N-methyl/N-ethyl adjacent to an activating group) is 1. The summed E-state index contributed by atoms with van der Waals surface area (Å²) >= 11 is 5.08. The zero-order valence-electron chi connectivity index (χ0n) is 17.2. The van der Waals surface area contributed by atoms with Gasteiger partial charge in [0.05, 0.1) is 6.10 Å². The molecular formula is C22H24N4O4S. The minimum Gasteiger partial charge on any atom is -0.376 e. The van der Waals surface area contributed by atoms with Gasteiger partial charge in [-0.3, -0.25) is 24.6 Å². The Hall–Kier alpha value is -3.04. The van der Waals surface area contributed by atoms with E-state index in [1.54, 1.807) is 19.2 Å². The second kappa shape index (κ2) is 8.99. The maximum absolute atomic E-state index is 12.7. The summed E-state index contributed by atoms with van der Waals surface area (Å²) in [6.07, 6.45) is 5.40. The van der Waals surface area contributed by atoms with Gasteiger partial charge in [0.25, 0.3) is 11.8 Å². The molecule has 1 aromatic heterocycles. The normalized spacial score (nSPS) is 20.5. The summed E-state index contributed by atoms with van der Waals surface area (Å²) in [5.74, 6) is -1.07. The van der Waals surface area contributed by atoms with Crippen molar-refractivity contribution < 1.29 is 19.1 Å². The van der Waals surface area contributed by atoms with Crippen LogP contribution in [0.1, 0.15) is 25.3 Å². The third kappa shape index (κ3) is 4.38. The molecule has 1 aromatic carbocycles. The third-order valence-corrected chi connectivity index (χ3v) is 5.81. The first-order chi connectivity index (χ1) is 15.0. The first kappa shape index (κ1) is 21.2. The molecule has 8 nitrogen and oxygen atoms in total. The number of nitrogens with zero attached hydrogens (tertiary/aromatic N) is 2. The monoisotopic (exact) mass is 440 g/mol. The van der Waals surface area contributed by atoms with Crippen molar-refractivity contribution in [1.29, 1.82) is 0 Å². The van der Waals surface area contributed by atoms with Crippen LogP contribution in [0, 0.1) is 0 Å². The maximum Gasteiger partial charge on any atom is 0.265 e. The lowest BCUT2D eigenvalue weighted by atomic mass is 10.1. The number of ether oxygens (including phenoxy) is 1. The van der Waals surface area contributed by atoms with Crippen molar-refractivity contribution in [3.8, 4) is 0 Å². The summed E-state index contributed by atoms with van der Waals surface area (Å²) < 4.78 is 7.37. The van der Waals surface area contributed by atoms with Crippen molar-refractivity contribution in [2.45, 2.75) is 32.4 Å². The molecule has 4 rings (SSSR count). The molecule has 3 heterocycles. The fourth-order valence-electron chi connectivity index (χ4n) is 3.90. The first-order valence-corrected chi connectivity index (χ1v) is 10.7. The minimum atomic E-state index is -0.522. The highest BCUT2D eigenvalue weighted by Crippen LogP contribution is 2.25. The number of fused-ring (bicyclic) bond motifs is 1. The molecule has 9 heteroatoms. The zero-order valence-corrected chi connectivity index (χ0v) is 18.0. The van der Waals surface area contributed by atoms with Gasteiger partial charge in [-0.1, -0.05) is 18.2 Å². The molecule has 0 unspecified atom stereocenters. The Morgan fingerprint density at radius 2 is 2.16 bits per heavy atom. The van der Waals surface area contributed by atoms with E-state index in [2.05, 4.69) is 10.6 Å². The van der Waals surface area contributed by atoms with Gasteiger partial charge >= 0.3 is 0 Å². The second-order valence-corrected chi connectivity index (χ2v) is 7.92. The lowest BCUT2D eigenvalue weighted by molar-refractivity contribution is -0.128. The van der Waals surface area contributed by atoms with Crippen molar-refractivity contribution in [1.82, 2.24) is 20.1 Å². The Morgan fingerprint density at radius 3 is 2.90 bits per heavy atom. The van der Waals surface area contributed by atoms with Crippen molar-refractivity contribution >= 4 is 52.0 Å². The van der Waals surface area contributed by atoms with Gasteiger partial charge in [0.15, 0.2) is 5.11 Å². The van der Waals surface area contributed by atoms with Gasteiger partial charge in [-0.2, -0.15) is 0 Å². The number of carbonyl (C=O) groups is 3. The molecule has 0 spiro atoms. The van der Waals surface area contributed by atoms with Crippen LogP contribution in [-0.2, 0) is 25.7 Å². The number of rotatable bonds is 6. The Kier molecular flexibility index (Phi) is 6.15. The molecule has 3 amide bonds. The maximum atomic E-state index is 12.7. The lowest BCUT2D eigenvalue weighted by Gasteiger charge is -2.27. The van der Waals surface area contributed by atoms with E-state index >= 15 is 0 Å². The molecule has 2 saturated heterocycles. The number of para-hydroxylation sites is 1. The van der Waals surface area contributed by atoms with Crippen LogP contribution in [0.2, 0.25) is 0 Å². The summed E-state index contributed by atoms with van der Waals surface area (Å²) in [6.45, 7) is 3.52. The molecule has 2 N–H and O–H groups in total. The van der Waals surface area contributed by atoms with Gasteiger partial charge < -0.3 is 14.6 Å². The van der Waals surface area contributed by atoms with E-state index in [0.717, 1.165) is 30.4 Å². The van der Waals surface area contributed by atoms with Crippen LogP contribution in [0.5, 0.6) is 0 Å². The number of nitrogens with one attached hydrogen (secondary N) is 2. The highest BCUT2D eigenvalue weighted by Gasteiger charge is 2.32. The number of thiocarbonyl (C=S) groups is 1. The zero-order chi connectivity index (χ0) is 22.0. The van der Waals surface area contributed by atoms with Crippen molar-refractivity contribution in [3.63, 3.8) is 0 Å². The average Bonchev–Trinajstić information content (AvgIpc) is 3.38. The summed E-state index contributed by atoms with van der Waals surface area (Å²) in [4.78, 5) is 39.0. The molecule has 2 aliphatic heterocycles. The molecule has 2 fully saturated rings. The van der Waals surface area contributed by atoms with E-state index in [1.165, 1.54) is 4.90 Å². The quantitative estimate of drug-likeness (QED) is 0.404. The molecule has 162 valence electrons. The molecule has 0 aliphatic carbocycles. The van der Waals surface area contributed by atoms with Gasteiger partial charge in [0.1, 0.15) is 12.1 Å². The highest BCUT2D eigenvalue weighted by atomic mass is 32.1. The summed E-state index contributed by atoms with van der Waals surface area (Å²) in [5.41, 5.74) is 1.54. The number of benzene rings is 1. The second-order valence-electron chi connectivity index (χ2n) is 7.54. The fraction of sp³-hybridized carbons (Fsp3) is 0.364. The van der Waals surface area contributed by atoms with Crippen LogP contribution in [0.25, 0.3) is 17.0 Å². The van der Waals surface area contributed by atoms with Crippen LogP contribution in [-0.4, -0.2) is 58.1 Å². The standard InChI is InChI=1S/C22H24N4O4S/c1-2-26-21(29)17(20(28)24-22(26)31)10-14-12-25(18-8-4-3-7-16(14)18)13-19(27)23-11-15-6-5-9-30-15/h3-4,7-8,10,12,15H,2,5-6,9,11,13H2,1H3,(H,23,27)(H,24,28,31)/b17-10+/t15-/m0/s1. The largest absolute Gasteiger partial charge is 0.376 e. The van der Waals surface area contributed by atoms with E-state index in [0.29, 0.717) is 18.7 Å². The summed E-state index contributed by atoms with van der Waals surface area (Å²) in [7, 11) is 0. The van der Waals surface area contributed by atoms with Crippen LogP contribution in [0.15, 0.2) is 36.0 Å². The van der Waals surface area contributed by atoms with Crippen molar-refractivity contribution in [2.75, 3.05) is 19.7 Å². The third-order valence-electron chi connectivity index (χ3n) is 5.49. The number of hydrogen-bond acceptors (Lipinski definition) is 5. The van der Waals surface area contributed by atoms with E-state index in [9.17, 15) is 14.4 Å². The Labute approximate surface area is 185 Å². The van der Waals surface area contributed by atoms with E-state index in [1.807, 2.05) is 28.8 Å². The number of hydrogen-bond donors (Lipinski definition) is 2. The summed E-state index contributed by atoms with van der Waals surface area (Å²) in [6, 6.07) is 7.56. The van der Waals surface area contributed by atoms with Crippen molar-refractivity contribution in [2.24, 2.45) is 0 Å². The minimum absolute atomic E-state index is 0.0150. The van der Waals surface area contributed by atoms with Crippen LogP contribution >= 0.6 is 12.2 Å². The molecule has 0 saturated carbocycles. The smallest absolute Gasteiger partial charge is 0.265 e. The number of aromatic nitrogens is 1. The summed E-state index contributed by atoms with van der Waals surface area (Å²) in [5, 5.41) is 6.44. The average molecular weight is 441 g/mol. The molecule has 2 aromatic rings. The highest BCUT2D eigenvalue weighted by molar-refractivity contribution is 7.80. The molecule has 1 atom stereocenters. The van der Waals surface area contributed by atoms with Gasteiger partial charge in [-0.25, -0.2) is 0 Å². The number of amides is 3. The Balaban J connectivity index is 1.60. The van der Waals surface area contributed by atoms with Gasteiger partial charge in [-0.05, 0) is 44.1 Å². The first-order valence-electron chi connectivity index (χ1n) is 10.3. The molecule has 0 bridgehead atoms. The van der Waals surface area contributed by atoms with Gasteiger partial charge in [0, 0.05) is 42.4 Å². The predicted molar refractivity (Wildman–Crippen MR) is 120 cm³/mol. The van der Waals surface area contributed by atoms with E-state index in [4.69, 9.17) is 17.0 Å². The molecule has 2 aliphatic rings. The van der Waals surface area contributed by atoms with Crippen LogP contribution in [0.3, 0.4) is 0 Å². The SMILES string of the molecule is CCN1C(=O)/C(=C/c2cn(CC(=O)NC[C@@H]3CCCO3)c3ccccc23)C(=O)NC1=S. The topological polar surface area (TPSA) is 92.7 Å². The van der Waals surface area contributed by atoms with Crippen LogP contribution < -0.4 is 10.6 Å². The molecular weight excluding hydrogens is 416 g/mol. The number of carbonyl (C=O) groups excluding carboxylic acids is 3. The van der Waals surface area contributed by atoms with E-state index in [-0.39, 0.29) is 29.2 Å². The van der Waals surface area contributed by atoms with Gasteiger partial charge in [-0.15, -0.1) is 0 Å². The molecule has 31 heavy (non-hydrogen) atoms. The van der Waals surface area contributed by atoms with E-state index < -0.39 is 11.8 Å². The fourth-order valence-corrected chi connectivity index (χ4v) is 4.21. The van der Waals surface area contributed by atoms with Gasteiger partial charge in [0.2, 0.25) is 5.91 Å². The van der Waals surface area contributed by atoms with Crippen LogP contribution in [0.4, 0.5) is 0 Å². The lowest BCUT2D eigenvalue weighted by Crippen LogP contribution is -2.53. The Bertz CT molecular complexity index is 1080. The predicted octanol–water partition coefficient (Wildman–Crippen LogP) is 1.58. The van der Waals surface area contributed by atoms with Crippen molar-refractivity contribution in [3.05, 3.63) is 41.6 Å². The molecule has 0 radical (unpaired) electrons. The Morgan fingerprint density at radius 1 is 1.35 bits per heavy atom.